The van der Waals surface area contributed by atoms with E-state index in [4.69, 9.17) is 4.74 Å². The Kier molecular flexibility index (Phi) is 4.54. The van der Waals surface area contributed by atoms with Crippen LogP contribution in [0.25, 0.3) is 16.4 Å². The number of benzene rings is 1. The van der Waals surface area contributed by atoms with E-state index in [-0.39, 0.29) is 18.2 Å². The summed E-state index contributed by atoms with van der Waals surface area (Å²) in [5, 5.41) is 11.4. The highest BCUT2D eigenvalue weighted by atomic mass is 32.1. The summed E-state index contributed by atoms with van der Waals surface area (Å²) >= 11 is 1.47. The summed E-state index contributed by atoms with van der Waals surface area (Å²) in [5.41, 5.74) is 2.72. The van der Waals surface area contributed by atoms with Gasteiger partial charge in [0.15, 0.2) is 0 Å². The molecule has 3 amide bonds. The topological polar surface area (TPSA) is 119 Å². The monoisotopic (exact) mass is 438 g/mol. The van der Waals surface area contributed by atoms with Crippen molar-refractivity contribution in [3.8, 4) is 22.3 Å². The maximum absolute atomic E-state index is 12.8. The summed E-state index contributed by atoms with van der Waals surface area (Å²) in [5.74, 6) is -0.365. The number of thiazole rings is 1. The number of hydrogen-bond donors (Lipinski definition) is 1. The van der Waals surface area contributed by atoms with E-state index in [1.165, 1.54) is 16.2 Å². The molecule has 4 heterocycles. The molecule has 0 radical (unpaired) electrons. The normalized spacial score (nSPS) is 18.3. The molecule has 2 aromatic heterocycles. The Bertz CT molecular complexity index is 1230. The number of rotatable bonds is 4. The van der Waals surface area contributed by atoms with Gasteiger partial charge in [0.25, 0.3) is 5.91 Å². The summed E-state index contributed by atoms with van der Waals surface area (Å²) in [6.07, 6.45) is 2.33. The van der Waals surface area contributed by atoms with Gasteiger partial charge in [-0.2, -0.15) is 4.98 Å². The predicted molar refractivity (Wildman–Crippen MR) is 110 cm³/mol. The van der Waals surface area contributed by atoms with Crippen LogP contribution in [0.15, 0.2) is 24.4 Å². The number of imide groups is 1. The molecular weight excluding hydrogens is 420 g/mol. The van der Waals surface area contributed by atoms with E-state index in [0.29, 0.717) is 35.1 Å². The van der Waals surface area contributed by atoms with Crippen molar-refractivity contribution in [1.82, 2.24) is 30.2 Å². The lowest BCUT2D eigenvalue weighted by atomic mass is 10.0. The van der Waals surface area contributed by atoms with Gasteiger partial charge in [-0.1, -0.05) is 5.21 Å². The average molecular weight is 438 g/mol. The second kappa shape index (κ2) is 7.27. The number of amides is 3. The molecule has 2 aliphatic rings. The molecule has 158 valence electrons. The number of piperidine rings is 1. The Morgan fingerprint density at radius 1 is 1.26 bits per heavy atom. The number of carbonyl (C=O) groups is 3. The van der Waals surface area contributed by atoms with Gasteiger partial charge in [-0.25, -0.2) is 4.68 Å². The fourth-order valence-electron chi connectivity index (χ4n) is 3.87. The highest BCUT2D eigenvalue weighted by Crippen LogP contribution is 2.32. The summed E-state index contributed by atoms with van der Waals surface area (Å²) in [4.78, 5) is 43.3. The Hall–Kier alpha value is -3.60. The maximum atomic E-state index is 12.8. The zero-order valence-corrected chi connectivity index (χ0v) is 17.6. The van der Waals surface area contributed by atoms with Crippen LogP contribution >= 0.6 is 11.3 Å². The Labute approximate surface area is 180 Å². The van der Waals surface area contributed by atoms with E-state index in [2.05, 4.69) is 20.6 Å². The Morgan fingerprint density at radius 2 is 2.10 bits per heavy atom. The first-order valence-electron chi connectivity index (χ1n) is 9.66. The third kappa shape index (κ3) is 3.26. The van der Waals surface area contributed by atoms with Crippen molar-refractivity contribution >= 4 is 29.1 Å². The Balaban J connectivity index is 1.40. The lowest BCUT2D eigenvalue weighted by molar-refractivity contribution is -0.136. The molecule has 1 N–H and O–H groups in total. The molecule has 11 heteroatoms. The predicted octanol–water partition coefficient (Wildman–Crippen LogP) is 1.47. The van der Waals surface area contributed by atoms with Crippen molar-refractivity contribution in [3.05, 3.63) is 40.4 Å². The molecule has 5 rings (SSSR count). The number of aromatic nitrogens is 4. The summed E-state index contributed by atoms with van der Waals surface area (Å²) < 4.78 is 6.86. The van der Waals surface area contributed by atoms with Crippen molar-refractivity contribution in [1.29, 1.82) is 0 Å². The smallest absolute Gasteiger partial charge is 0.255 e. The minimum atomic E-state index is -0.637. The summed E-state index contributed by atoms with van der Waals surface area (Å²) in [7, 11) is 1.58. The maximum Gasteiger partial charge on any atom is 0.255 e. The van der Waals surface area contributed by atoms with E-state index in [0.717, 1.165) is 16.1 Å². The van der Waals surface area contributed by atoms with Crippen LogP contribution in [-0.4, -0.2) is 55.8 Å². The van der Waals surface area contributed by atoms with E-state index in [1.54, 1.807) is 30.1 Å². The van der Waals surface area contributed by atoms with Crippen LogP contribution in [0.4, 0.5) is 0 Å². The SMILES string of the molecule is COc1nc(-c2cn(-c3ccc4c(c3)CN(C3CCC(=O)NC3=O)C4=O)nn2)sc1C. The number of nitrogens with zero attached hydrogens (tertiary/aromatic N) is 5. The molecule has 1 atom stereocenters. The third-order valence-electron chi connectivity index (χ3n) is 5.43. The molecule has 31 heavy (non-hydrogen) atoms. The lowest BCUT2D eigenvalue weighted by Crippen LogP contribution is -2.52. The second-order valence-corrected chi connectivity index (χ2v) is 8.58. The largest absolute Gasteiger partial charge is 0.480 e. The molecule has 1 aromatic carbocycles. The van der Waals surface area contributed by atoms with Gasteiger partial charge in [0, 0.05) is 18.5 Å². The molecule has 2 aliphatic heterocycles. The van der Waals surface area contributed by atoms with Crippen molar-refractivity contribution in [2.45, 2.75) is 32.4 Å². The molecule has 0 spiro atoms. The molecule has 1 fully saturated rings. The number of carbonyl (C=O) groups excluding carboxylic acids is 3. The molecule has 0 bridgehead atoms. The van der Waals surface area contributed by atoms with Gasteiger partial charge in [-0.3, -0.25) is 19.7 Å². The van der Waals surface area contributed by atoms with Gasteiger partial charge in [-0.05, 0) is 37.1 Å². The number of aryl methyl sites for hydroxylation is 1. The zero-order chi connectivity index (χ0) is 21.7. The molecular formula is C20H18N6O4S. The quantitative estimate of drug-likeness (QED) is 0.613. The first-order chi connectivity index (χ1) is 14.9. The number of methoxy groups -OCH3 is 1. The lowest BCUT2D eigenvalue weighted by Gasteiger charge is -2.29. The number of nitrogens with one attached hydrogen (secondary N) is 1. The summed E-state index contributed by atoms with van der Waals surface area (Å²) in [6.45, 7) is 2.23. The number of fused-ring (bicyclic) bond motifs is 1. The van der Waals surface area contributed by atoms with Crippen LogP contribution in [0.5, 0.6) is 5.88 Å². The summed E-state index contributed by atoms with van der Waals surface area (Å²) in [6, 6.07) is 4.75. The van der Waals surface area contributed by atoms with Crippen molar-refractivity contribution in [3.63, 3.8) is 0 Å². The van der Waals surface area contributed by atoms with Crippen LogP contribution in [-0.2, 0) is 16.1 Å². The van der Waals surface area contributed by atoms with Gasteiger partial charge in [0.2, 0.25) is 17.7 Å². The van der Waals surface area contributed by atoms with Crippen molar-refractivity contribution in [2.75, 3.05) is 7.11 Å². The molecule has 0 aliphatic carbocycles. The molecule has 1 unspecified atom stereocenters. The second-order valence-electron chi connectivity index (χ2n) is 7.37. The van der Waals surface area contributed by atoms with Crippen molar-refractivity contribution in [2.24, 2.45) is 0 Å². The third-order valence-corrected chi connectivity index (χ3v) is 6.41. The molecule has 1 saturated heterocycles. The number of hydrogen-bond acceptors (Lipinski definition) is 8. The molecule has 10 nitrogen and oxygen atoms in total. The van der Waals surface area contributed by atoms with E-state index < -0.39 is 11.9 Å². The van der Waals surface area contributed by atoms with Gasteiger partial charge in [0.1, 0.15) is 16.7 Å². The standard InChI is InChI=1S/C20H18N6O4S/c1-10-18(30-2)22-19(31-10)14-9-26(24-23-14)12-3-4-13-11(7-12)8-25(20(13)29)15-5-6-16(27)21-17(15)28/h3-4,7,9,15H,5-6,8H2,1-2H3,(H,21,27,28). The first-order valence-corrected chi connectivity index (χ1v) is 10.5. The van der Waals surface area contributed by atoms with Crippen molar-refractivity contribution < 1.29 is 19.1 Å². The fourth-order valence-corrected chi connectivity index (χ4v) is 4.71. The average Bonchev–Trinajstić information content (AvgIpc) is 3.45. The van der Waals surface area contributed by atoms with Crippen LogP contribution in [0.3, 0.4) is 0 Å². The zero-order valence-electron chi connectivity index (χ0n) is 16.8. The highest BCUT2D eigenvalue weighted by molar-refractivity contribution is 7.15. The van der Waals surface area contributed by atoms with E-state index in [9.17, 15) is 14.4 Å². The van der Waals surface area contributed by atoms with Crippen LogP contribution in [0, 0.1) is 6.92 Å². The number of ether oxygens (including phenoxy) is 1. The van der Waals surface area contributed by atoms with Gasteiger partial charge in [-0.15, -0.1) is 16.4 Å². The minimum Gasteiger partial charge on any atom is -0.480 e. The van der Waals surface area contributed by atoms with Crippen LogP contribution in [0.1, 0.15) is 33.6 Å². The highest BCUT2D eigenvalue weighted by Gasteiger charge is 2.39. The minimum absolute atomic E-state index is 0.208. The van der Waals surface area contributed by atoms with E-state index >= 15 is 0 Å². The molecule has 0 saturated carbocycles. The van der Waals surface area contributed by atoms with Crippen LogP contribution in [0.2, 0.25) is 0 Å². The Morgan fingerprint density at radius 3 is 2.84 bits per heavy atom. The van der Waals surface area contributed by atoms with Crippen LogP contribution < -0.4 is 10.1 Å². The van der Waals surface area contributed by atoms with Gasteiger partial charge >= 0.3 is 0 Å². The van der Waals surface area contributed by atoms with Gasteiger partial charge < -0.3 is 9.64 Å². The first kappa shape index (κ1) is 19.4. The van der Waals surface area contributed by atoms with E-state index in [1.807, 2.05) is 13.0 Å². The van der Waals surface area contributed by atoms with Gasteiger partial charge in [0.05, 0.1) is 23.9 Å². The molecule has 3 aromatic rings. The fraction of sp³-hybridized carbons (Fsp3) is 0.300.